The van der Waals surface area contributed by atoms with Crippen molar-refractivity contribution in [1.29, 1.82) is 5.26 Å². The Morgan fingerprint density at radius 1 is 1.18 bits per heavy atom. The fourth-order valence-electron chi connectivity index (χ4n) is 5.37. The second kappa shape index (κ2) is 9.81. The minimum absolute atomic E-state index is 0.0104. The summed E-state index contributed by atoms with van der Waals surface area (Å²) in [4.78, 5) is 23.9. The normalized spacial score (nSPS) is 19.7. The highest BCUT2D eigenvalue weighted by Crippen LogP contribution is 2.52. The molecule has 204 valence electrons. The van der Waals surface area contributed by atoms with Crippen LogP contribution >= 0.6 is 0 Å². The lowest BCUT2D eigenvalue weighted by Gasteiger charge is -2.21. The molecule has 0 unspecified atom stereocenters. The van der Waals surface area contributed by atoms with Crippen molar-refractivity contribution in [2.45, 2.75) is 19.4 Å². The third-order valence-electron chi connectivity index (χ3n) is 7.39. The van der Waals surface area contributed by atoms with Crippen LogP contribution in [-0.4, -0.2) is 63.0 Å². The Hall–Kier alpha value is -4.69. The number of aliphatic hydroxyl groups is 1. The van der Waals surface area contributed by atoms with Gasteiger partial charge in [-0.25, -0.2) is 14.5 Å². The Morgan fingerprint density at radius 2 is 1.98 bits per heavy atom. The van der Waals surface area contributed by atoms with Crippen LogP contribution in [0, 0.1) is 29.1 Å². The summed E-state index contributed by atoms with van der Waals surface area (Å²) in [6, 6.07) is 11.5. The Morgan fingerprint density at radius 3 is 2.60 bits per heavy atom. The number of nitriles is 1. The minimum Gasteiger partial charge on any atom is -0.489 e. The SMILES string of the molecule is COc1ccc(NC(=O)[C@H]2[C@@H]3CN(c4ccc(-c5cc(OCC(C)(C)O)cn6ncc(C#N)c56)cn4)C[C@@H]32)cn1. The van der Waals surface area contributed by atoms with Crippen LogP contribution in [-0.2, 0) is 4.79 Å². The average Bonchev–Trinajstić information content (AvgIpc) is 3.24. The predicted molar refractivity (Wildman–Crippen MR) is 147 cm³/mol. The average molecular weight is 540 g/mol. The van der Waals surface area contributed by atoms with Crippen LogP contribution in [0.25, 0.3) is 16.6 Å². The molecule has 0 aromatic carbocycles. The molecule has 40 heavy (non-hydrogen) atoms. The highest BCUT2D eigenvalue weighted by Gasteiger charge is 2.59. The molecule has 0 spiro atoms. The molecule has 1 saturated carbocycles. The largest absolute Gasteiger partial charge is 0.489 e. The van der Waals surface area contributed by atoms with Crippen LogP contribution in [0.15, 0.2) is 55.1 Å². The van der Waals surface area contributed by atoms with Crippen LogP contribution in [0.5, 0.6) is 11.6 Å². The lowest BCUT2D eigenvalue weighted by Crippen LogP contribution is -2.28. The van der Waals surface area contributed by atoms with Gasteiger partial charge in [0.15, 0.2) is 0 Å². The highest BCUT2D eigenvalue weighted by molar-refractivity contribution is 5.95. The summed E-state index contributed by atoms with van der Waals surface area (Å²) in [5, 5.41) is 27.0. The van der Waals surface area contributed by atoms with Gasteiger partial charge in [-0.3, -0.25) is 4.79 Å². The first-order valence-electron chi connectivity index (χ1n) is 13.0. The van der Waals surface area contributed by atoms with Crippen molar-refractivity contribution in [2.75, 3.05) is 37.0 Å². The maximum atomic E-state index is 12.8. The van der Waals surface area contributed by atoms with Crippen molar-refractivity contribution in [3.63, 3.8) is 0 Å². The van der Waals surface area contributed by atoms with E-state index in [0.29, 0.717) is 40.2 Å². The number of carbonyl (C=O) groups is 1. The number of ether oxygens (including phenoxy) is 2. The Labute approximate surface area is 231 Å². The van der Waals surface area contributed by atoms with E-state index in [1.165, 1.54) is 6.20 Å². The van der Waals surface area contributed by atoms with Crippen LogP contribution < -0.4 is 19.7 Å². The van der Waals surface area contributed by atoms with Gasteiger partial charge in [0.2, 0.25) is 11.8 Å². The fourth-order valence-corrected chi connectivity index (χ4v) is 5.37. The molecule has 11 heteroatoms. The van der Waals surface area contributed by atoms with Crippen molar-refractivity contribution >= 4 is 22.9 Å². The summed E-state index contributed by atoms with van der Waals surface area (Å²) in [7, 11) is 1.55. The van der Waals surface area contributed by atoms with Crippen LogP contribution in [0.2, 0.25) is 0 Å². The van der Waals surface area contributed by atoms with Gasteiger partial charge in [0.25, 0.3) is 0 Å². The van der Waals surface area contributed by atoms with Gasteiger partial charge in [-0.1, -0.05) is 0 Å². The Balaban J connectivity index is 1.15. The summed E-state index contributed by atoms with van der Waals surface area (Å²) in [6.45, 7) is 4.98. The number of nitrogens with one attached hydrogen (secondary N) is 1. The minimum atomic E-state index is -0.997. The summed E-state index contributed by atoms with van der Waals surface area (Å²) in [5.74, 6) is 2.47. The third kappa shape index (κ3) is 4.89. The molecule has 1 aliphatic carbocycles. The number of amides is 1. The zero-order chi connectivity index (χ0) is 28.0. The fraction of sp³-hybridized carbons (Fsp3) is 0.345. The van der Waals surface area contributed by atoms with E-state index in [9.17, 15) is 15.2 Å². The molecule has 2 fully saturated rings. The second-order valence-corrected chi connectivity index (χ2v) is 10.9. The topological polar surface area (TPSA) is 138 Å². The Kier molecular flexibility index (Phi) is 6.27. The molecule has 11 nitrogen and oxygen atoms in total. The number of carbonyl (C=O) groups excluding carboxylic acids is 1. The smallest absolute Gasteiger partial charge is 0.228 e. The van der Waals surface area contributed by atoms with E-state index in [1.54, 1.807) is 56.2 Å². The van der Waals surface area contributed by atoms with Crippen molar-refractivity contribution in [3.05, 3.63) is 60.7 Å². The summed E-state index contributed by atoms with van der Waals surface area (Å²) in [6.07, 6.45) is 6.60. The lowest BCUT2D eigenvalue weighted by atomic mass is 10.1. The molecule has 0 radical (unpaired) electrons. The van der Waals surface area contributed by atoms with E-state index < -0.39 is 5.60 Å². The van der Waals surface area contributed by atoms with Crippen molar-refractivity contribution < 1.29 is 19.4 Å². The monoisotopic (exact) mass is 539 g/mol. The number of hydrogen-bond donors (Lipinski definition) is 2. The van der Waals surface area contributed by atoms with Gasteiger partial charge in [-0.2, -0.15) is 10.4 Å². The molecule has 4 aromatic rings. The lowest BCUT2D eigenvalue weighted by molar-refractivity contribution is -0.117. The van der Waals surface area contributed by atoms with Crippen molar-refractivity contribution in [3.8, 4) is 28.8 Å². The molecule has 5 heterocycles. The van der Waals surface area contributed by atoms with Gasteiger partial charge in [-0.15, -0.1) is 0 Å². The molecule has 4 aromatic heterocycles. The van der Waals surface area contributed by atoms with Crippen molar-refractivity contribution in [2.24, 2.45) is 17.8 Å². The van der Waals surface area contributed by atoms with E-state index >= 15 is 0 Å². The van der Waals surface area contributed by atoms with Gasteiger partial charge >= 0.3 is 0 Å². The first-order chi connectivity index (χ1) is 19.2. The second-order valence-electron chi connectivity index (χ2n) is 10.9. The number of aromatic nitrogens is 4. The van der Waals surface area contributed by atoms with E-state index in [-0.39, 0.29) is 18.4 Å². The molecule has 2 aliphatic rings. The first-order valence-corrected chi connectivity index (χ1v) is 13.0. The van der Waals surface area contributed by atoms with Gasteiger partial charge in [-0.05, 0) is 49.9 Å². The number of methoxy groups -OCH3 is 1. The van der Waals surface area contributed by atoms with E-state index in [2.05, 4.69) is 26.4 Å². The Bertz CT molecular complexity index is 1590. The number of nitrogens with zero attached hydrogens (tertiary/aromatic N) is 6. The van der Waals surface area contributed by atoms with Gasteiger partial charge < -0.3 is 24.8 Å². The van der Waals surface area contributed by atoms with Gasteiger partial charge in [0.1, 0.15) is 24.2 Å². The number of hydrogen-bond acceptors (Lipinski definition) is 9. The number of fused-ring (bicyclic) bond motifs is 2. The van der Waals surface area contributed by atoms with Crippen molar-refractivity contribution in [1.82, 2.24) is 19.6 Å². The van der Waals surface area contributed by atoms with E-state index in [4.69, 9.17) is 14.5 Å². The first kappa shape index (κ1) is 25.6. The molecule has 2 N–H and O–H groups in total. The number of rotatable bonds is 8. The van der Waals surface area contributed by atoms with Crippen LogP contribution in [0.3, 0.4) is 0 Å². The quantitative estimate of drug-likeness (QED) is 0.346. The standard InChI is InChI=1S/C29H29N7O4/c1-29(2,38)16-40-20-8-21(27-18(9-30)11-33-36(27)13-20)17-4-6-24(31-10-17)35-14-22-23(15-35)26(22)28(37)34-19-5-7-25(39-3)32-12-19/h4-8,10-13,22-23,26,38H,14-16H2,1-3H3,(H,34,37)/t22-,23+,26+. The van der Waals surface area contributed by atoms with E-state index in [0.717, 1.165) is 30.0 Å². The molecular weight excluding hydrogens is 510 g/mol. The third-order valence-corrected chi connectivity index (χ3v) is 7.39. The number of piperidine rings is 1. The number of pyridine rings is 3. The summed E-state index contributed by atoms with van der Waals surface area (Å²) in [5.41, 5.74) is 2.35. The molecular formula is C29H29N7O4. The predicted octanol–water partition coefficient (Wildman–Crippen LogP) is 3.14. The zero-order valence-corrected chi connectivity index (χ0v) is 22.4. The summed E-state index contributed by atoms with van der Waals surface area (Å²) < 4.78 is 12.5. The maximum Gasteiger partial charge on any atom is 0.228 e. The van der Waals surface area contributed by atoms with Gasteiger partial charge in [0, 0.05) is 42.4 Å². The molecule has 1 aliphatic heterocycles. The zero-order valence-electron chi connectivity index (χ0n) is 22.4. The highest BCUT2D eigenvalue weighted by atomic mass is 16.5. The molecule has 0 bridgehead atoms. The number of anilines is 2. The van der Waals surface area contributed by atoms with Crippen LogP contribution in [0.1, 0.15) is 19.4 Å². The summed E-state index contributed by atoms with van der Waals surface area (Å²) >= 11 is 0. The van der Waals surface area contributed by atoms with Gasteiger partial charge in [0.05, 0.1) is 48.1 Å². The molecule has 3 atom stereocenters. The maximum absolute atomic E-state index is 12.8. The van der Waals surface area contributed by atoms with Crippen LogP contribution in [0.4, 0.5) is 11.5 Å². The molecule has 1 amide bonds. The van der Waals surface area contributed by atoms with E-state index in [1.807, 2.05) is 18.2 Å². The molecule has 6 rings (SSSR count). The molecule has 1 saturated heterocycles.